The van der Waals surface area contributed by atoms with E-state index in [1.54, 1.807) is 0 Å². The van der Waals surface area contributed by atoms with Crippen molar-refractivity contribution in [2.24, 2.45) is 5.92 Å². The van der Waals surface area contributed by atoms with Crippen LogP contribution in [0, 0.1) is 10.6 Å². The van der Waals surface area contributed by atoms with E-state index in [-0.39, 0.29) is 18.9 Å². The SMILES string of the molecule is CC(C)CC(C(=O)NCCC(=O)O)n1cccc(CCN(C)C)c1=S. The third-order valence-corrected chi connectivity index (χ3v) is 4.33. The molecule has 0 aliphatic rings. The average molecular weight is 368 g/mol. The first-order chi connectivity index (χ1) is 11.7. The van der Waals surface area contributed by atoms with Crippen molar-refractivity contribution in [1.29, 1.82) is 0 Å². The van der Waals surface area contributed by atoms with Gasteiger partial charge in [0, 0.05) is 19.3 Å². The van der Waals surface area contributed by atoms with Crippen LogP contribution in [0.3, 0.4) is 0 Å². The number of carboxylic acid groups (broad SMARTS) is 1. The molecule has 25 heavy (non-hydrogen) atoms. The predicted molar refractivity (Wildman–Crippen MR) is 101 cm³/mol. The quantitative estimate of drug-likeness (QED) is 0.622. The van der Waals surface area contributed by atoms with Gasteiger partial charge in [0.1, 0.15) is 10.7 Å². The van der Waals surface area contributed by atoms with E-state index in [2.05, 4.69) is 24.1 Å². The number of carbonyl (C=O) groups excluding carboxylic acids is 1. The molecule has 0 aliphatic carbocycles. The largest absolute Gasteiger partial charge is 0.481 e. The molecule has 1 heterocycles. The van der Waals surface area contributed by atoms with Gasteiger partial charge in [-0.05, 0) is 44.5 Å². The number of likely N-dealkylation sites (N-methyl/N-ethyl adjacent to an activating group) is 1. The minimum absolute atomic E-state index is 0.0889. The molecule has 1 aromatic rings. The predicted octanol–water partition coefficient (Wildman–Crippen LogP) is 2.50. The Morgan fingerprint density at radius 3 is 2.60 bits per heavy atom. The van der Waals surface area contributed by atoms with Crippen LogP contribution in [0.1, 0.15) is 38.3 Å². The molecule has 0 radical (unpaired) electrons. The highest BCUT2D eigenvalue weighted by molar-refractivity contribution is 7.71. The Balaban J connectivity index is 3.02. The van der Waals surface area contributed by atoms with E-state index in [4.69, 9.17) is 17.3 Å². The van der Waals surface area contributed by atoms with Crippen molar-refractivity contribution >= 4 is 24.1 Å². The topological polar surface area (TPSA) is 74.6 Å². The summed E-state index contributed by atoms with van der Waals surface area (Å²) < 4.78 is 2.51. The van der Waals surface area contributed by atoms with E-state index >= 15 is 0 Å². The van der Waals surface area contributed by atoms with Gasteiger partial charge in [-0.1, -0.05) is 32.1 Å². The molecule has 1 unspecified atom stereocenters. The number of nitrogens with one attached hydrogen (secondary N) is 1. The summed E-state index contributed by atoms with van der Waals surface area (Å²) in [6.45, 7) is 5.11. The van der Waals surface area contributed by atoms with Crippen LogP contribution in [0.15, 0.2) is 18.3 Å². The van der Waals surface area contributed by atoms with Crippen molar-refractivity contribution in [3.05, 3.63) is 28.5 Å². The van der Waals surface area contributed by atoms with Crippen LogP contribution in [0.25, 0.3) is 0 Å². The molecule has 0 spiro atoms. The van der Waals surface area contributed by atoms with Gasteiger partial charge in [-0.3, -0.25) is 9.59 Å². The molecule has 1 amide bonds. The molecule has 2 N–H and O–H groups in total. The molecule has 7 heteroatoms. The standard InChI is InChI=1S/C18H29N3O3S/c1-13(2)12-15(17(24)19-9-7-16(22)23)21-10-5-6-14(18(21)25)8-11-20(3)4/h5-6,10,13,15H,7-9,11-12H2,1-4H3,(H,19,24)(H,22,23). The summed E-state index contributed by atoms with van der Waals surface area (Å²) in [6, 6.07) is 3.48. The second-order valence-corrected chi connectivity index (χ2v) is 7.27. The van der Waals surface area contributed by atoms with Crippen LogP contribution in [0.2, 0.25) is 0 Å². The molecule has 0 aliphatic heterocycles. The van der Waals surface area contributed by atoms with E-state index < -0.39 is 12.0 Å². The second kappa shape index (κ2) is 10.3. The molecular weight excluding hydrogens is 338 g/mol. The van der Waals surface area contributed by atoms with Crippen molar-refractivity contribution in [3.8, 4) is 0 Å². The number of rotatable bonds is 10. The summed E-state index contributed by atoms with van der Waals surface area (Å²) in [6.07, 6.45) is 3.21. The molecule has 1 aromatic heterocycles. The first kappa shape index (κ1) is 21.3. The average Bonchev–Trinajstić information content (AvgIpc) is 2.51. The minimum Gasteiger partial charge on any atom is -0.481 e. The van der Waals surface area contributed by atoms with E-state index in [9.17, 15) is 9.59 Å². The van der Waals surface area contributed by atoms with Gasteiger partial charge in [-0.2, -0.15) is 0 Å². The number of carbonyl (C=O) groups is 2. The van der Waals surface area contributed by atoms with Crippen molar-refractivity contribution in [1.82, 2.24) is 14.8 Å². The Morgan fingerprint density at radius 1 is 1.36 bits per heavy atom. The van der Waals surface area contributed by atoms with Crippen LogP contribution in [-0.4, -0.2) is 53.6 Å². The summed E-state index contributed by atoms with van der Waals surface area (Å²) in [7, 11) is 4.02. The van der Waals surface area contributed by atoms with Crippen LogP contribution in [0.4, 0.5) is 0 Å². The molecule has 0 aromatic carbocycles. The number of carboxylic acids is 1. The van der Waals surface area contributed by atoms with Gasteiger partial charge in [0.05, 0.1) is 6.42 Å². The first-order valence-corrected chi connectivity index (χ1v) is 8.97. The highest BCUT2D eigenvalue weighted by atomic mass is 32.1. The number of hydrogen-bond donors (Lipinski definition) is 2. The molecule has 1 atom stereocenters. The van der Waals surface area contributed by atoms with Crippen molar-refractivity contribution in [2.45, 2.75) is 39.2 Å². The first-order valence-electron chi connectivity index (χ1n) is 8.56. The van der Waals surface area contributed by atoms with Crippen LogP contribution >= 0.6 is 12.2 Å². The highest BCUT2D eigenvalue weighted by Gasteiger charge is 2.22. The minimum atomic E-state index is -0.928. The summed E-state index contributed by atoms with van der Waals surface area (Å²) >= 11 is 5.62. The monoisotopic (exact) mass is 367 g/mol. The molecule has 1 rings (SSSR count). The Bertz CT molecular complexity index is 641. The Labute approximate surface area is 154 Å². The van der Waals surface area contributed by atoms with Gasteiger partial charge in [0.15, 0.2) is 0 Å². The normalized spacial score (nSPS) is 12.4. The summed E-state index contributed by atoms with van der Waals surface area (Å²) in [5.74, 6) is -0.804. The second-order valence-electron chi connectivity index (χ2n) is 6.88. The third-order valence-electron chi connectivity index (χ3n) is 3.85. The van der Waals surface area contributed by atoms with Crippen molar-refractivity contribution in [3.63, 3.8) is 0 Å². The zero-order chi connectivity index (χ0) is 19.0. The van der Waals surface area contributed by atoms with E-state index in [1.165, 1.54) is 0 Å². The summed E-state index contributed by atoms with van der Waals surface area (Å²) in [5, 5.41) is 11.5. The van der Waals surface area contributed by atoms with Gasteiger partial charge in [0.2, 0.25) is 5.91 Å². The summed E-state index contributed by atoms with van der Waals surface area (Å²) in [4.78, 5) is 25.4. The maximum Gasteiger partial charge on any atom is 0.305 e. The molecule has 0 saturated carbocycles. The van der Waals surface area contributed by atoms with Gasteiger partial charge in [-0.15, -0.1) is 0 Å². The van der Waals surface area contributed by atoms with Crippen molar-refractivity contribution in [2.75, 3.05) is 27.2 Å². The van der Waals surface area contributed by atoms with Gasteiger partial charge in [0.25, 0.3) is 0 Å². The van der Waals surface area contributed by atoms with Crippen molar-refractivity contribution < 1.29 is 14.7 Å². The van der Waals surface area contributed by atoms with Gasteiger partial charge in [-0.25, -0.2) is 0 Å². The van der Waals surface area contributed by atoms with Crippen LogP contribution < -0.4 is 5.32 Å². The number of aromatic nitrogens is 1. The highest BCUT2D eigenvalue weighted by Crippen LogP contribution is 2.20. The fraction of sp³-hybridized carbons (Fsp3) is 0.611. The third kappa shape index (κ3) is 7.36. The molecule has 0 saturated heterocycles. The van der Waals surface area contributed by atoms with Gasteiger partial charge >= 0.3 is 5.97 Å². The lowest BCUT2D eigenvalue weighted by atomic mass is 10.0. The maximum atomic E-state index is 12.6. The Hall–Kier alpha value is -1.73. The molecule has 0 fully saturated rings. The lowest BCUT2D eigenvalue weighted by Gasteiger charge is -2.23. The Morgan fingerprint density at radius 2 is 2.04 bits per heavy atom. The lowest BCUT2D eigenvalue weighted by molar-refractivity contribution is -0.137. The number of hydrogen-bond acceptors (Lipinski definition) is 4. The zero-order valence-electron chi connectivity index (χ0n) is 15.5. The lowest BCUT2D eigenvalue weighted by Crippen LogP contribution is -2.35. The Kier molecular flexibility index (Phi) is 8.78. The maximum absolute atomic E-state index is 12.6. The van der Waals surface area contributed by atoms with E-state index in [1.807, 2.05) is 37.0 Å². The molecule has 6 nitrogen and oxygen atoms in total. The number of aliphatic carboxylic acids is 1. The van der Waals surface area contributed by atoms with Gasteiger partial charge < -0.3 is 19.9 Å². The van der Waals surface area contributed by atoms with Crippen LogP contribution in [-0.2, 0) is 16.0 Å². The number of amides is 1. The molecule has 140 valence electrons. The smallest absolute Gasteiger partial charge is 0.305 e. The molecule has 0 bridgehead atoms. The zero-order valence-corrected chi connectivity index (χ0v) is 16.3. The fourth-order valence-corrected chi connectivity index (χ4v) is 2.90. The number of nitrogens with zero attached hydrogens (tertiary/aromatic N) is 2. The molecular formula is C18H29N3O3S. The van der Waals surface area contributed by atoms with E-state index in [0.717, 1.165) is 18.5 Å². The fourth-order valence-electron chi connectivity index (χ4n) is 2.54. The summed E-state index contributed by atoms with van der Waals surface area (Å²) in [5.41, 5.74) is 1.04. The van der Waals surface area contributed by atoms with E-state index in [0.29, 0.717) is 17.0 Å². The number of pyridine rings is 1. The van der Waals surface area contributed by atoms with Crippen LogP contribution in [0.5, 0.6) is 0 Å².